The fraction of sp³-hybridized carbons (Fsp3) is 0.214. The molecule has 0 fully saturated rings. The minimum atomic E-state index is -0.379. The van der Waals surface area contributed by atoms with Gasteiger partial charge in [0.15, 0.2) is 11.5 Å². The summed E-state index contributed by atoms with van der Waals surface area (Å²) >= 11 is 3.45. The van der Waals surface area contributed by atoms with E-state index in [1.165, 1.54) is 6.08 Å². The molecule has 0 aliphatic rings. The van der Waals surface area contributed by atoms with Gasteiger partial charge in [-0.05, 0) is 65.7 Å². The summed E-state index contributed by atoms with van der Waals surface area (Å²) in [5.41, 5.74) is 2.08. The Bertz CT molecular complexity index is 1280. The van der Waals surface area contributed by atoms with Crippen LogP contribution in [-0.4, -0.2) is 39.2 Å². The quantitative estimate of drug-likeness (QED) is 0.269. The van der Waals surface area contributed by atoms with Crippen molar-refractivity contribution in [3.05, 3.63) is 76.3 Å². The van der Waals surface area contributed by atoms with Gasteiger partial charge in [0.05, 0.1) is 43.3 Å². The molecular weight excluding hydrogens is 540 g/mol. The van der Waals surface area contributed by atoms with Gasteiger partial charge in [-0.2, -0.15) is 0 Å². The summed E-state index contributed by atoms with van der Waals surface area (Å²) in [6.45, 7) is 4.39. The number of benzene rings is 3. The second-order valence-electron chi connectivity index (χ2n) is 7.59. The van der Waals surface area contributed by atoms with E-state index in [2.05, 4.69) is 26.6 Å². The SMILES string of the molecule is CCOc1cc(NC(=O)c2ccccc2)c(OCC)cc1NC(=O)/C=C/c1cc(Br)c(OC)c(OC)c1. The molecule has 0 radical (unpaired) electrons. The van der Waals surface area contributed by atoms with Crippen molar-refractivity contribution >= 4 is 45.2 Å². The molecule has 0 spiro atoms. The highest BCUT2D eigenvalue weighted by Gasteiger charge is 2.17. The maximum absolute atomic E-state index is 12.8. The average Bonchev–Trinajstić information content (AvgIpc) is 2.90. The van der Waals surface area contributed by atoms with Crippen LogP contribution in [0.4, 0.5) is 11.4 Å². The zero-order valence-electron chi connectivity index (χ0n) is 21.1. The molecule has 0 atom stereocenters. The first-order valence-electron chi connectivity index (χ1n) is 11.6. The number of carbonyl (C=O) groups excluding carboxylic acids is 2. The molecule has 3 aromatic carbocycles. The lowest BCUT2D eigenvalue weighted by Gasteiger charge is -2.17. The lowest BCUT2D eigenvalue weighted by molar-refractivity contribution is -0.111. The van der Waals surface area contributed by atoms with Crippen molar-refractivity contribution in [2.45, 2.75) is 13.8 Å². The van der Waals surface area contributed by atoms with Crippen molar-refractivity contribution in [1.29, 1.82) is 0 Å². The molecule has 2 N–H and O–H groups in total. The van der Waals surface area contributed by atoms with Gasteiger partial charge in [-0.1, -0.05) is 18.2 Å². The number of anilines is 2. The zero-order valence-corrected chi connectivity index (χ0v) is 22.7. The fourth-order valence-corrected chi connectivity index (χ4v) is 4.09. The van der Waals surface area contributed by atoms with E-state index < -0.39 is 0 Å². The Morgan fingerprint density at radius 1 is 0.838 bits per heavy atom. The van der Waals surface area contributed by atoms with E-state index in [1.807, 2.05) is 26.0 Å². The minimum Gasteiger partial charge on any atom is -0.493 e. The third-order valence-corrected chi connectivity index (χ3v) is 5.70. The summed E-state index contributed by atoms with van der Waals surface area (Å²) in [7, 11) is 3.10. The van der Waals surface area contributed by atoms with Crippen molar-refractivity contribution in [1.82, 2.24) is 0 Å². The molecule has 0 heterocycles. The highest BCUT2D eigenvalue weighted by molar-refractivity contribution is 9.10. The first-order chi connectivity index (χ1) is 17.9. The molecule has 0 bridgehead atoms. The lowest BCUT2D eigenvalue weighted by Crippen LogP contribution is -2.14. The van der Waals surface area contributed by atoms with Gasteiger partial charge < -0.3 is 29.6 Å². The van der Waals surface area contributed by atoms with E-state index in [0.717, 1.165) is 5.56 Å². The van der Waals surface area contributed by atoms with E-state index >= 15 is 0 Å². The third kappa shape index (κ3) is 7.27. The van der Waals surface area contributed by atoms with Crippen molar-refractivity contribution in [3.8, 4) is 23.0 Å². The first-order valence-corrected chi connectivity index (χ1v) is 12.4. The highest BCUT2D eigenvalue weighted by Crippen LogP contribution is 2.38. The number of amides is 2. The predicted molar refractivity (Wildman–Crippen MR) is 148 cm³/mol. The zero-order chi connectivity index (χ0) is 26.8. The van der Waals surface area contributed by atoms with Gasteiger partial charge in [0.2, 0.25) is 5.91 Å². The van der Waals surface area contributed by atoms with E-state index in [-0.39, 0.29) is 11.8 Å². The standard InChI is InChI=1S/C28H29BrN2O6/c1-5-36-23-17-22(31-28(33)19-10-8-7-9-11-19)24(37-6-2)16-21(23)30-26(32)13-12-18-14-20(29)27(35-4)25(15-18)34-3/h7-17H,5-6H2,1-4H3,(H,30,32)(H,31,33)/b13-12+. The van der Waals surface area contributed by atoms with Crippen molar-refractivity contribution in [2.24, 2.45) is 0 Å². The van der Waals surface area contributed by atoms with Crippen molar-refractivity contribution in [3.63, 3.8) is 0 Å². The maximum Gasteiger partial charge on any atom is 0.255 e. The van der Waals surface area contributed by atoms with E-state index in [4.69, 9.17) is 18.9 Å². The summed E-state index contributed by atoms with van der Waals surface area (Å²) in [5, 5.41) is 5.70. The van der Waals surface area contributed by atoms with Crippen LogP contribution in [0.2, 0.25) is 0 Å². The molecule has 9 heteroatoms. The molecule has 8 nitrogen and oxygen atoms in total. The van der Waals surface area contributed by atoms with E-state index in [1.54, 1.807) is 62.8 Å². The molecule has 2 amide bonds. The normalized spacial score (nSPS) is 10.6. The Morgan fingerprint density at radius 3 is 2.03 bits per heavy atom. The van der Waals surface area contributed by atoms with Gasteiger partial charge in [-0.3, -0.25) is 9.59 Å². The molecule has 3 rings (SSSR count). The number of nitrogens with one attached hydrogen (secondary N) is 2. The molecule has 194 valence electrons. The summed E-state index contributed by atoms with van der Waals surface area (Å²) < 4.78 is 22.9. The summed E-state index contributed by atoms with van der Waals surface area (Å²) in [5.74, 6) is 1.22. The minimum absolute atomic E-state index is 0.287. The summed E-state index contributed by atoms with van der Waals surface area (Å²) in [4.78, 5) is 25.5. The third-order valence-electron chi connectivity index (χ3n) is 5.11. The molecule has 0 aliphatic heterocycles. The molecular formula is C28H29BrN2O6. The van der Waals surface area contributed by atoms with Crippen LogP contribution in [0, 0.1) is 0 Å². The summed E-state index contributed by atoms with van der Waals surface area (Å²) in [6, 6.07) is 15.7. The predicted octanol–water partition coefficient (Wildman–Crippen LogP) is 6.17. The van der Waals surface area contributed by atoms with Gasteiger partial charge in [-0.15, -0.1) is 0 Å². The van der Waals surface area contributed by atoms with Crippen LogP contribution in [0.15, 0.2) is 65.1 Å². The molecule has 0 aliphatic carbocycles. The first kappa shape index (κ1) is 27.6. The largest absolute Gasteiger partial charge is 0.493 e. The Hall–Kier alpha value is -3.98. The van der Waals surface area contributed by atoms with Gasteiger partial charge in [0, 0.05) is 23.8 Å². The van der Waals surface area contributed by atoms with E-state index in [0.29, 0.717) is 57.6 Å². The molecule has 37 heavy (non-hydrogen) atoms. The number of hydrogen-bond acceptors (Lipinski definition) is 6. The van der Waals surface area contributed by atoms with Gasteiger partial charge >= 0.3 is 0 Å². The van der Waals surface area contributed by atoms with Crippen LogP contribution in [0.5, 0.6) is 23.0 Å². The molecule has 0 saturated carbocycles. The topological polar surface area (TPSA) is 95.1 Å². The van der Waals surface area contributed by atoms with E-state index in [9.17, 15) is 9.59 Å². The van der Waals surface area contributed by atoms with Crippen LogP contribution in [0.1, 0.15) is 29.8 Å². The number of methoxy groups -OCH3 is 2. The number of ether oxygens (including phenoxy) is 4. The number of carbonyl (C=O) groups is 2. The molecule has 0 aromatic heterocycles. The number of halogens is 1. The lowest BCUT2D eigenvalue weighted by atomic mass is 10.1. The Morgan fingerprint density at radius 2 is 1.46 bits per heavy atom. The second kappa shape index (κ2) is 13.4. The highest BCUT2D eigenvalue weighted by atomic mass is 79.9. The summed E-state index contributed by atoms with van der Waals surface area (Å²) in [6.07, 6.45) is 3.05. The van der Waals surface area contributed by atoms with Crippen LogP contribution in [-0.2, 0) is 4.79 Å². The van der Waals surface area contributed by atoms with Gasteiger partial charge in [-0.25, -0.2) is 0 Å². The molecule has 0 unspecified atom stereocenters. The Balaban J connectivity index is 1.86. The van der Waals surface area contributed by atoms with Crippen LogP contribution >= 0.6 is 15.9 Å². The van der Waals surface area contributed by atoms with Crippen LogP contribution < -0.4 is 29.6 Å². The Kier molecular flexibility index (Phi) is 9.97. The number of rotatable bonds is 11. The van der Waals surface area contributed by atoms with Crippen LogP contribution in [0.25, 0.3) is 6.08 Å². The maximum atomic E-state index is 12.8. The number of hydrogen-bond donors (Lipinski definition) is 2. The average molecular weight is 569 g/mol. The Labute approximate surface area is 224 Å². The van der Waals surface area contributed by atoms with Crippen molar-refractivity contribution < 1.29 is 28.5 Å². The monoisotopic (exact) mass is 568 g/mol. The van der Waals surface area contributed by atoms with Crippen LogP contribution in [0.3, 0.4) is 0 Å². The van der Waals surface area contributed by atoms with Gasteiger partial charge in [0.25, 0.3) is 5.91 Å². The fourth-order valence-electron chi connectivity index (χ4n) is 3.47. The van der Waals surface area contributed by atoms with Gasteiger partial charge in [0.1, 0.15) is 11.5 Å². The molecule has 0 saturated heterocycles. The van der Waals surface area contributed by atoms with Crippen molar-refractivity contribution in [2.75, 3.05) is 38.1 Å². The second-order valence-corrected chi connectivity index (χ2v) is 8.45. The smallest absolute Gasteiger partial charge is 0.255 e. The molecule has 3 aromatic rings.